The van der Waals surface area contributed by atoms with E-state index >= 15 is 0 Å². The zero-order chi connectivity index (χ0) is 15.5. The maximum Gasteiger partial charge on any atom is 0.269 e. The van der Waals surface area contributed by atoms with Gasteiger partial charge in [-0.25, -0.2) is 12.7 Å². The van der Waals surface area contributed by atoms with Crippen LogP contribution < -0.4 is 0 Å². The zero-order valence-corrected chi connectivity index (χ0v) is 12.9. The average molecular weight is 312 g/mol. The fraction of sp³-hybridized carbons (Fsp3) is 0.571. The van der Waals surface area contributed by atoms with Crippen molar-refractivity contribution in [3.63, 3.8) is 0 Å². The second-order valence-electron chi connectivity index (χ2n) is 5.49. The molecule has 0 radical (unpaired) electrons. The van der Waals surface area contributed by atoms with E-state index in [0.29, 0.717) is 5.56 Å². The van der Waals surface area contributed by atoms with Gasteiger partial charge in [-0.15, -0.1) is 0 Å². The summed E-state index contributed by atoms with van der Waals surface area (Å²) in [6.45, 7) is 0. The lowest BCUT2D eigenvalue weighted by molar-refractivity contribution is -0.384. The number of nitrogens with zero attached hydrogens (tertiary/aromatic N) is 2. The fourth-order valence-electron chi connectivity index (χ4n) is 2.74. The van der Waals surface area contributed by atoms with Crippen molar-refractivity contribution in [1.29, 1.82) is 0 Å². The van der Waals surface area contributed by atoms with Gasteiger partial charge < -0.3 is 0 Å². The van der Waals surface area contributed by atoms with Crippen molar-refractivity contribution in [2.45, 2.75) is 43.9 Å². The van der Waals surface area contributed by atoms with Crippen molar-refractivity contribution >= 4 is 15.7 Å². The van der Waals surface area contributed by atoms with Crippen LogP contribution in [0, 0.1) is 10.1 Å². The van der Waals surface area contributed by atoms with Crippen molar-refractivity contribution in [1.82, 2.24) is 4.31 Å². The summed E-state index contributed by atoms with van der Waals surface area (Å²) in [6.07, 6.45) is 5.06. The first-order chi connectivity index (χ1) is 9.90. The van der Waals surface area contributed by atoms with Crippen LogP contribution >= 0.6 is 0 Å². The van der Waals surface area contributed by atoms with Gasteiger partial charge in [-0.1, -0.05) is 31.4 Å². The normalized spacial score (nSPS) is 17.0. The van der Waals surface area contributed by atoms with Crippen molar-refractivity contribution in [2.75, 3.05) is 7.05 Å². The third-order valence-corrected chi connectivity index (χ3v) is 5.87. The summed E-state index contributed by atoms with van der Waals surface area (Å²) in [7, 11) is -1.83. The van der Waals surface area contributed by atoms with Gasteiger partial charge in [-0.3, -0.25) is 10.1 Å². The van der Waals surface area contributed by atoms with E-state index < -0.39 is 14.9 Å². The SMILES string of the molecule is CN(C1CCCCC1)S(=O)(=O)Cc1cccc([N+](=O)[O-])c1. The first-order valence-electron chi connectivity index (χ1n) is 7.09. The van der Waals surface area contributed by atoms with Crippen LogP contribution in [0.2, 0.25) is 0 Å². The summed E-state index contributed by atoms with van der Waals surface area (Å²) in [4.78, 5) is 10.2. The minimum Gasteiger partial charge on any atom is -0.258 e. The second-order valence-corrected chi connectivity index (χ2v) is 7.52. The molecule has 1 saturated carbocycles. The van der Waals surface area contributed by atoms with Gasteiger partial charge in [-0.05, 0) is 18.4 Å². The van der Waals surface area contributed by atoms with E-state index in [9.17, 15) is 18.5 Å². The molecule has 0 aliphatic heterocycles. The summed E-state index contributed by atoms with van der Waals surface area (Å²) >= 11 is 0. The highest BCUT2D eigenvalue weighted by atomic mass is 32.2. The lowest BCUT2D eigenvalue weighted by atomic mass is 9.96. The van der Waals surface area contributed by atoms with E-state index in [1.807, 2.05) is 0 Å². The van der Waals surface area contributed by atoms with E-state index in [2.05, 4.69) is 0 Å². The molecule has 1 aromatic carbocycles. The number of nitro groups is 1. The highest BCUT2D eigenvalue weighted by Gasteiger charge is 2.27. The Morgan fingerprint density at radius 2 is 1.95 bits per heavy atom. The first kappa shape index (κ1) is 15.9. The molecule has 0 bridgehead atoms. The predicted molar refractivity (Wildman–Crippen MR) is 80.4 cm³/mol. The summed E-state index contributed by atoms with van der Waals surface area (Å²) in [5, 5.41) is 10.7. The van der Waals surface area contributed by atoms with Gasteiger partial charge in [0.05, 0.1) is 10.7 Å². The third-order valence-electron chi connectivity index (χ3n) is 4.00. The number of hydrogen-bond acceptors (Lipinski definition) is 4. The van der Waals surface area contributed by atoms with Crippen LogP contribution in [0.3, 0.4) is 0 Å². The summed E-state index contributed by atoms with van der Waals surface area (Å²) in [5.74, 6) is -0.193. The largest absolute Gasteiger partial charge is 0.269 e. The van der Waals surface area contributed by atoms with Gasteiger partial charge >= 0.3 is 0 Å². The molecule has 1 fully saturated rings. The topological polar surface area (TPSA) is 80.5 Å². The molecular formula is C14H20N2O4S. The third kappa shape index (κ3) is 4.01. The molecule has 0 atom stereocenters. The highest BCUT2D eigenvalue weighted by Crippen LogP contribution is 2.25. The molecule has 1 aliphatic rings. The van der Waals surface area contributed by atoms with Gasteiger partial charge in [-0.2, -0.15) is 0 Å². The molecule has 116 valence electrons. The van der Waals surface area contributed by atoms with Crippen LogP contribution in [0.15, 0.2) is 24.3 Å². The van der Waals surface area contributed by atoms with Crippen LogP contribution in [0.4, 0.5) is 5.69 Å². The Labute approximate surface area is 125 Å². The Morgan fingerprint density at radius 3 is 2.57 bits per heavy atom. The van der Waals surface area contributed by atoms with Crippen molar-refractivity contribution in [3.05, 3.63) is 39.9 Å². The Morgan fingerprint density at radius 1 is 1.29 bits per heavy atom. The van der Waals surface area contributed by atoms with E-state index in [4.69, 9.17) is 0 Å². The van der Waals surface area contributed by atoms with Gasteiger partial charge in [0.2, 0.25) is 10.0 Å². The molecule has 1 aromatic rings. The number of nitro benzene ring substituents is 1. The monoisotopic (exact) mass is 312 g/mol. The van der Waals surface area contributed by atoms with Crippen molar-refractivity contribution < 1.29 is 13.3 Å². The quantitative estimate of drug-likeness (QED) is 0.618. The maximum atomic E-state index is 12.4. The van der Waals surface area contributed by atoms with E-state index in [1.165, 1.54) is 22.5 Å². The molecule has 1 aliphatic carbocycles. The smallest absolute Gasteiger partial charge is 0.258 e. The Kier molecular flexibility index (Phi) is 4.95. The standard InChI is InChI=1S/C14H20N2O4S/c1-15(13-7-3-2-4-8-13)21(19,20)11-12-6-5-9-14(10-12)16(17)18/h5-6,9-10,13H,2-4,7-8,11H2,1H3. The van der Waals surface area contributed by atoms with Gasteiger partial charge in [0.25, 0.3) is 5.69 Å². The van der Waals surface area contributed by atoms with Crippen molar-refractivity contribution in [3.8, 4) is 0 Å². The number of benzene rings is 1. The number of rotatable bonds is 5. The molecule has 0 heterocycles. The Balaban J connectivity index is 2.12. The summed E-state index contributed by atoms with van der Waals surface area (Å²) < 4.78 is 26.3. The number of non-ortho nitro benzene ring substituents is 1. The van der Waals surface area contributed by atoms with Crippen molar-refractivity contribution in [2.24, 2.45) is 0 Å². The van der Waals surface area contributed by atoms with Gasteiger partial charge in [0.15, 0.2) is 0 Å². The molecule has 7 heteroatoms. The highest BCUT2D eigenvalue weighted by molar-refractivity contribution is 7.88. The molecule has 0 amide bonds. The van der Waals surface area contributed by atoms with E-state index in [0.717, 1.165) is 32.1 Å². The zero-order valence-electron chi connectivity index (χ0n) is 12.1. The summed E-state index contributed by atoms with van der Waals surface area (Å²) in [5.41, 5.74) is 0.370. The minimum absolute atomic E-state index is 0.0578. The molecule has 21 heavy (non-hydrogen) atoms. The van der Waals surface area contributed by atoms with Crippen LogP contribution in [0.25, 0.3) is 0 Å². The minimum atomic E-state index is -3.44. The first-order valence-corrected chi connectivity index (χ1v) is 8.70. The van der Waals surface area contributed by atoms with Crippen LogP contribution in [-0.2, 0) is 15.8 Å². The maximum absolute atomic E-state index is 12.4. The molecule has 0 saturated heterocycles. The molecule has 0 unspecified atom stereocenters. The van der Waals surface area contributed by atoms with E-state index in [1.54, 1.807) is 13.1 Å². The number of hydrogen-bond donors (Lipinski definition) is 0. The average Bonchev–Trinajstić information content (AvgIpc) is 2.47. The number of sulfonamides is 1. The summed E-state index contributed by atoms with van der Waals surface area (Å²) in [6, 6.07) is 5.87. The molecule has 0 spiro atoms. The molecular weight excluding hydrogens is 292 g/mol. The second kappa shape index (κ2) is 6.53. The Hall–Kier alpha value is -1.47. The van der Waals surface area contributed by atoms with E-state index in [-0.39, 0.29) is 17.5 Å². The molecule has 6 nitrogen and oxygen atoms in total. The lowest BCUT2D eigenvalue weighted by Gasteiger charge is -2.30. The van der Waals surface area contributed by atoms with Gasteiger partial charge in [0.1, 0.15) is 0 Å². The van der Waals surface area contributed by atoms with Gasteiger partial charge in [0, 0.05) is 25.2 Å². The molecule has 0 aromatic heterocycles. The van der Waals surface area contributed by atoms with Crippen LogP contribution in [0.1, 0.15) is 37.7 Å². The molecule has 0 N–H and O–H groups in total. The fourth-order valence-corrected chi connectivity index (χ4v) is 4.21. The lowest BCUT2D eigenvalue weighted by Crippen LogP contribution is -2.38. The molecule has 2 rings (SSSR count). The Bertz CT molecular complexity index is 609. The van der Waals surface area contributed by atoms with Crippen LogP contribution in [-0.4, -0.2) is 30.7 Å². The predicted octanol–water partition coefficient (Wildman–Crippen LogP) is 2.69. The van der Waals surface area contributed by atoms with Crippen LogP contribution in [0.5, 0.6) is 0 Å².